The van der Waals surface area contributed by atoms with Gasteiger partial charge in [-0.15, -0.1) is 0 Å². The van der Waals surface area contributed by atoms with Crippen LogP contribution in [0.3, 0.4) is 0 Å². The summed E-state index contributed by atoms with van der Waals surface area (Å²) in [6.07, 6.45) is 26.4. The fourth-order valence-electron chi connectivity index (χ4n) is 10.8. The van der Waals surface area contributed by atoms with Gasteiger partial charge in [-0.25, -0.2) is 14.4 Å². The summed E-state index contributed by atoms with van der Waals surface area (Å²) < 4.78 is 49.5. The topological polar surface area (TPSA) is 381 Å². The van der Waals surface area contributed by atoms with E-state index in [0.717, 1.165) is 146 Å². The number of ether oxygens (including phenoxy) is 10. The Kier molecular flexibility index (Phi) is 77.2. The molecule has 26 nitrogen and oxygen atoms in total. The van der Waals surface area contributed by atoms with Crippen molar-refractivity contribution in [3.05, 3.63) is 186 Å². The Hall–Kier alpha value is -7.24. The van der Waals surface area contributed by atoms with Gasteiger partial charge in [0.15, 0.2) is 0 Å². The van der Waals surface area contributed by atoms with Crippen molar-refractivity contribution in [3.8, 4) is 17.2 Å². The molecule has 0 aliphatic carbocycles. The van der Waals surface area contributed by atoms with Gasteiger partial charge in [-0.3, -0.25) is 33.6 Å². The molecule has 0 bridgehead atoms. The van der Waals surface area contributed by atoms with Crippen LogP contribution < -0.4 is 14.2 Å². The second-order valence-corrected chi connectivity index (χ2v) is 28.1. The molecule has 1 atom stereocenters. The Morgan fingerprint density at radius 1 is 0.411 bits per heavy atom. The van der Waals surface area contributed by atoms with E-state index in [1.807, 2.05) is 115 Å². The summed E-state index contributed by atoms with van der Waals surface area (Å²) in [6.45, 7) is 4.78. The number of aldehydes is 1. The zero-order valence-electron chi connectivity index (χ0n) is 72.3. The van der Waals surface area contributed by atoms with Crippen molar-refractivity contribution in [2.75, 3.05) is 86.4 Å². The third-order valence-electron chi connectivity index (χ3n) is 17.9. The summed E-state index contributed by atoms with van der Waals surface area (Å²) in [4.78, 5) is 118. The zero-order chi connectivity index (χ0) is 89.6. The molecular weight excluding hydrogens is 1960 g/mol. The molecule has 673 valence electrons. The number of cyclic esters (lactones) is 1. The minimum absolute atomic E-state index is 0. The van der Waals surface area contributed by atoms with Gasteiger partial charge < -0.3 is 77.7 Å². The van der Waals surface area contributed by atoms with Crippen LogP contribution in [-0.2, 0) is 184 Å². The number of hydrogen-bond acceptors (Lipinski definition) is 23. The maximum Gasteiger partial charge on any atom is 0.334 e. The minimum Gasteiger partial charge on any atom is -0.489 e. The molecule has 0 spiro atoms. The van der Waals surface area contributed by atoms with Crippen LogP contribution in [0.5, 0.6) is 17.2 Å². The number of aliphatic hydroxyl groups is 2. The van der Waals surface area contributed by atoms with Crippen LogP contribution in [0.15, 0.2) is 186 Å². The molecule has 6 aromatic rings. The number of alkyl halides is 2. The zero-order valence-corrected chi connectivity index (χ0v) is 84.0. The molecule has 5 N–H and O–H groups in total. The van der Waals surface area contributed by atoms with Crippen molar-refractivity contribution in [1.29, 1.82) is 0 Å². The van der Waals surface area contributed by atoms with Crippen LogP contribution in [-0.4, -0.2) is 184 Å². The molecule has 124 heavy (non-hydrogen) atoms. The van der Waals surface area contributed by atoms with Crippen molar-refractivity contribution in [2.24, 2.45) is 0 Å². The van der Waals surface area contributed by atoms with E-state index in [1.165, 1.54) is 53.6 Å². The number of unbranched alkanes of at least 4 members (excludes halogenated alkanes) is 11. The van der Waals surface area contributed by atoms with Gasteiger partial charge in [-0.1, -0.05) is 172 Å². The average molecular weight is 2080 g/mol. The van der Waals surface area contributed by atoms with E-state index in [9.17, 15) is 68.1 Å². The van der Waals surface area contributed by atoms with Crippen LogP contribution in [0.25, 0.3) is 32.3 Å². The molecular formula is C93H122Br2O26Y3. The molecule has 3 radical (unpaired) electrons. The van der Waals surface area contributed by atoms with Gasteiger partial charge in [-0.05, 0) is 174 Å². The number of methoxy groups -OCH3 is 6. The molecule has 31 heteroatoms. The van der Waals surface area contributed by atoms with E-state index in [2.05, 4.69) is 91.1 Å². The maximum absolute atomic E-state index is 11.4. The number of carboxylic acid groups (broad SMARTS) is 3. The Morgan fingerprint density at radius 2 is 0.742 bits per heavy atom. The minimum atomic E-state index is -1.20. The number of rotatable bonds is 46. The van der Waals surface area contributed by atoms with E-state index in [-0.39, 0.29) is 171 Å². The summed E-state index contributed by atoms with van der Waals surface area (Å²) in [5.74, 6) is -2.03. The van der Waals surface area contributed by atoms with Crippen LogP contribution in [0.1, 0.15) is 180 Å². The average Bonchev–Trinajstić information content (AvgIpc) is 0.858. The van der Waals surface area contributed by atoms with E-state index >= 15 is 0 Å². The Labute approximate surface area is 821 Å². The SMILES string of the molecule is C=C(C(=O)O)C(O)CCCCC(=O)OC.COC(=O)CCCC/C=C(/CBr)COc1cccc2ccccc12.COC(=O)CCCC/C=C(/CO)COc1cccc2ccccc12.COC(=O)CCCC/C=C(\CBr)C(=O)O.COC(=O)CCCC/C=C(\COc1cccc2ccccc12)C(=O)O.COC(=O)CCCCC=O.O=C1CCCCCO1.[Y].[Y].[Y]. The van der Waals surface area contributed by atoms with Gasteiger partial charge in [0.25, 0.3) is 0 Å². The van der Waals surface area contributed by atoms with Gasteiger partial charge >= 0.3 is 59.7 Å². The van der Waals surface area contributed by atoms with Gasteiger partial charge in [0.2, 0.25) is 0 Å². The van der Waals surface area contributed by atoms with Crippen molar-refractivity contribution in [3.63, 3.8) is 0 Å². The Bertz CT molecular complexity index is 4070. The smallest absolute Gasteiger partial charge is 0.334 e. The van der Waals surface area contributed by atoms with Crippen molar-refractivity contribution < 1.29 is 224 Å². The normalized spacial score (nSPS) is 11.6. The summed E-state index contributed by atoms with van der Waals surface area (Å²) in [5, 5.41) is 52.9. The third-order valence-corrected chi connectivity index (χ3v) is 19.2. The molecule has 0 saturated carbocycles. The number of esters is 7. The Morgan fingerprint density at radius 3 is 1.09 bits per heavy atom. The molecule has 1 saturated heterocycles. The van der Waals surface area contributed by atoms with Crippen LogP contribution in [0.4, 0.5) is 0 Å². The molecule has 1 fully saturated rings. The monoisotopic (exact) mass is 2080 g/mol. The molecule has 0 aromatic heterocycles. The number of carbonyl (C=O) groups is 11. The quantitative estimate of drug-likeness (QED) is 0.00451. The van der Waals surface area contributed by atoms with Crippen LogP contribution in [0.2, 0.25) is 0 Å². The first-order chi connectivity index (χ1) is 58.4. The first-order valence-corrected chi connectivity index (χ1v) is 42.5. The summed E-state index contributed by atoms with van der Waals surface area (Å²) in [5.41, 5.74) is 2.41. The van der Waals surface area contributed by atoms with Crippen molar-refractivity contribution in [2.45, 2.75) is 186 Å². The summed E-state index contributed by atoms with van der Waals surface area (Å²) in [6, 6.07) is 41.8. The number of halogens is 2. The first kappa shape index (κ1) is 121. The number of carbonyl (C=O) groups excluding carboxylic acids is 8. The molecule has 1 aliphatic rings. The second-order valence-electron chi connectivity index (χ2n) is 27.0. The van der Waals surface area contributed by atoms with Gasteiger partial charge in [-0.2, -0.15) is 0 Å². The number of aliphatic carboxylic acids is 3. The molecule has 0 amide bonds. The van der Waals surface area contributed by atoms with E-state index in [1.54, 1.807) is 12.2 Å². The van der Waals surface area contributed by atoms with Crippen molar-refractivity contribution in [1.82, 2.24) is 0 Å². The van der Waals surface area contributed by atoms with E-state index in [0.29, 0.717) is 120 Å². The number of benzene rings is 6. The maximum atomic E-state index is 11.4. The number of carboxylic acids is 3. The van der Waals surface area contributed by atoms with Gasteiger partial charge in [0.05, 0.1) is 73.1 Å². The predicted molar refractivity (Wildman–Crippen MR) is 472 cm³/mol. The molecule has 6 aromatic carbocycles. The van der Waals surface area contributed by atoms with Gasteiger partial charge in [0.1, 0.15) is 43.4 Å². The Balaban J connectivity index is -0.00000141. The number of aliphatic hydroxyl groups excluding tert-OH is 2. The fourth-order valence-corrected chi connectivity index (χ4v) is 11.7. The number of hydrogen-bond donors (Lipinski definition) is 5. The standard InChI is InChI=1S/C20H23BrO3.C20H22O5.C20H24O4.C10H15BrO4.C10H16O5.C7H12O3.C6H10O2.3Y/c1-23-20(22)13-4-2-3-8-16(14-21)15-24-19-12-7-10-17-9-5-6-11-18(17)19;1-24-19(21)13-4-2-3-9-16(20(22)23)14-25-18-12-7-10-15-8-5-6-11-17(15)18;1-23-20(22)13-4-2-3-8-16(14-21)15-24-19-12-7-10-17-9-5-6-11-18(17)19;1-15-9(12)6-4-2-3-5-8(7-11)10(13)14;1-7(10(13)14)8(11)5-3-4-6-9(12)15-2;1-10-7(9)5-3-2-4-6-8;7-6-4-2-1-3-5-8-6;;;/h5-12H,2-4,13-15H2,1H3;5-12H,2-4,13-14H2,1H3,(H,22,23);5-12,21H,2-4,13-15H2,1H3;5H,2-4,6-7H2,1H3,(H,13,14);8,11H,1,3-6H2,2H3,(H,13,14);6H,2-5H2,1H3;1-5H2;;;/b16-8-;16-9+;16-8-;8-5+;;;;;;. The third kappa shape index (κ3) is 58.9. The largest absolute Gasteiger partial charge is 0.489 e. The first-order valence-electron chi connectivity index (χ1n) is 40.3. The second kappa shape index (κ2) is 79.2. The predicted octanol–water partition coefficient (Wildman–Crippen LogP) is 18.0. The molecule has 7 rings (SSSR count). The van der Waals surface area contributed by atoms with Crippen molar-refractivity contribution >= 4 is 130 Å². The van der Waals surface area contributed by atoms with E-state index < -0.39 is 24.0 Å². The number of allylic oxidation sites excluding steroid dienone is 4. The molecule has 1 heterocycles. The fraction of sp³-hybridized carbons (Fsp3) is 0.452. The van der Waals surface area contributed by atoms with Crippen LogP contribution >= 0.6 is 31.9 Å². The number of fused-ring (bicyclic) bond motifs is 3. The summed E-state index contributed by atoms with van der Waals surface area (Å²) in [7, 11) is 8.21. The van der Waals surface area contributed by atoms with Crippen LogP contribution in [0, 0.1) is 0 Å². The van der Waals surface area contributed by atoms with Gasteiger partial charge in [0, 0.05) is 182 Å². The molecule has 1 unspecified atom stereocenters. The van der Waals surface area contributed by atoms with E-state index in [4.69, 9.17) is 29.2 Å². The molecule has 1 aliphatic heterocycles. The summed E-state index contributed by atoms with van der Waals surface area (Å²) >= 11 is 6.62.